The van der Waals surface area contributed by atoms with Crippen molar-refractivity contribution in [2.45, 2.75) is 39.7 Å². The average Bonchev–Trinajstić information content (AvgIpc) is 2.28. The Morgan fingerprint density at radius 3 is 2.00 bits per heavy atom. The summed E-state index contributed by atoms with van der Waals surface area (Å²) in [6.45, 7) is 5.53. The summed E-state index contributed by atoms with van der Waals surface area (Å²) in [7, 11) is 1.98. The summed E-state index contributed by atoms with van der Waals surface area (Å²) < 4.78 is 0. The highest BCUT2D eigenvalue weighted by Crippen LogP contribution is 2.15. The Morgan fingerprint density at radius 1 is 1.00 bits per heavy atom. The normalized spacial score (nSPS) is 10.9. The van der Waals surface area contributed by atoms with E-state index in [0.717, 1.165) is 12.5 Å². The smallest absolute Gasteiger partial charge is 0.0202 e. The number of nitrogens with one attached hydrogen (secondary N) is 1. The molecule has 0 radical (unpaired) electrons. The van der Waals surface area contributed by atoms with Gasteiger partial charge in [0.1, 0.15) is 0 Å². The van der Waals surface area contributed by atoms with Crippen molar-refractivity contribution in [1.82, 2.24) is 5.32 Å². The van der Waals surface area contributed by atoms with Gasteiger partial charge in [-0.1, -0.05) is 51.0 Å². The molecule has 1 rings (SSSR count). The van der Waals surface area contributed by atoms with Crippen molar-refractivity contribution in [2.24, 2.45) is 5.92 Å². The number of rotatable bonds is 6. The predicted molar refractivity (Wildman–Crippen MR) is 67.0 cm³/mol. The van der Waals surface area contributed by atoms with E-state index < -0.39 is 0 Å². The van der Waals surface area contributed by atoms with Gasteiger partial charge in [0.05, 0.1) is 0 Å². The minimum absolute atomic E-state index is 0.847. The Balaban J connectivity index is 2.55. The third-order valence-corrected chi connectivity index (χ3v) is 3.08. The van der Waals surface area contributed by atoms with Crippen molar-refractivity contribution in [2.75, 3.05) is 7.05 Å². The van der Waals surface area contributed by atoms with E-state index in [9.17, 15) is 0 Å². The molecule has 0 saturated heterocycles. The minimum Gasteiger partial charge on any atom is -0.316 e. The molecule has 0 aliphatic rings. The van der Waals surface area contributed by atoms with Gasteiger partial charge in [-0.2, -0.15) is 0 Å². The molecule has 0 atom stereocenters. The zero-order valence-corrected chi connectivity index (χ0v) is 10.2. The first-order valence-corrected chi connectivity index (χ1v) is 6.02. The van der Waals surface area contributed by atoms with Gasteiger partial charge in [-0.05, 0) is 30.5 Å². The number of hydrogen-bond acceptors (Lipinski definition) is 1. The lowest BCUT2D eigenvalue weighted by atomic mass is 9.94. The Bertz CT molecular complexity index is 259. The van der Waals surface area contributed by atoms with E-state index in [0.29, 0.717) is 0 Å². The molecule has 0 unspecified atom stereocenters. The van der Waals surface area contributed by atoms with Gasteiger partial charge in [0.25, 0.3) is 0 Å². The lowest BCUT2D eigenvalue weighted by Gasteiger charge is -2.12. The summed E-state index contributed by atoms with van der Waals surface area (Å²) in [6.07, 6.45) is 3.80. The molecule has 0 spiro atoms. The van der Waals surface area contributed by atoms with Crippen molar-refractivity contribution in [3.8, 4) is 0 Å². The third-order valence-electron chi connectivity index (χ3n) is 3.08. The van der Waals surface area contributed by atoms with Gasteiger partial charge in [0.2, 0.25) is 0 Å². The first-order chi connectivity index (χ1) is 7.30. The van der Waals surface area contributed by atoms with Crippen LogP contribution >= 0.6 is 0 Å². The summed E-state index contributed by atoms with van der Waals surface area (Å²) in [5.74, 6) is 0.847. The molecule has 1 nitrogen and oxygen atoms in total. The van der Waals surface area contributed by atoms with Crippen LogP contribution < -0.4 is 5.32 Å². The molecular weight excluding hydrogens is 182 g/mol. The fourth-order valence-electron chi connectivity index (χ4n) is 1.91. The van der Waals surface area contributed by atoms with Crippen molar-refractivity contribution in [3.63, 3.8) is 0 Å². The largest absolute Gasteiger partial charge is 0.316 e. The monoisotopic (exact) mass is 205 g/mol. The maximum absolute atomic E-state index is 3.17. The minimum atomic E-state index is 0.847. The van der Waals surface area contributed by atoms with Crippen LogP contribution in [0.2, 0.25) is 0 Å². The fourth-order valence-corrected chi connectivity index (χ4v) is 1.91. The van der Waals surface area contributed by atoms with E-state index in [1.54, 1.807) is 0 Å². The van der Waals surface area contributed by atoms with Crippen LogP contribution in [-0.2, 0) is 13.0 Å². The summed E-state index contributed by atoms with van der Waals surface area (Å²) in [5, 5.41) is 3.17. The number of benzene rings is 1. The summed E-state index contributed by atoms with van der Waals surface area (Å²) in [4.78, 5) is 0. The average molecular weight is 205 g/mol. The maximum Gasteiger partial charge on any atom is 0.0202 e. The fraction of sp³-hybridized carbons (Fsp3) is 0.571. The van der Waals surface area contributed by atoms with E-state index in [1.807, 2.05) is 7.05 Å². The van der Waals surface area contributed by atoms with Crippen LogP contribution in [0, 0.1) is 5.92 Å². The van der Waals surface area contributed by atoms with Crippen molar-refractivity contribution >= 4 is 0 Å². The topological polar surface area (TPSA) is 12.0 Å². The van der Waals surface area contributed by atoms with Crippen LogP contribution in [0.5, 0.6) is 0 Å². The Hall–Kier alpha value is -0.820. The molecule has 0 bridgehead atoms. The van der Waals surface area contributed by atoms with Crippen molar-refractivity contribution < 1.29 is 0 Å². The standard InChI is InChI=1S/C14H23N/c1-4-12(5-2)10-13-6-8-14(9-7-13)11-15-3/h6-9,12,15H,4-5,10-11H2,1-3H3. The first-order valence-electron chi connectivity index (χ1n) is 6.02. The lowest BCUT2D eigenvalue weighted by molar-refractivity contribution is 0.490. The Labute approximate surface area is 93.9 Å². The Kier molecular flexibility index (Phi) is 5.41. The van der Waals surface area contributed by atoms with Gasteiger partial charge in [-0.15, -0.1) is 0 Å². The van der Waals surface area contributed by atoms with Gasteiger partial charge in [-0.25, -0.2) is 0 Å². The summed E-state index contributed by atoms with van der Waals surface area (Å²) >= 11 is 0. The van der Waals surface area contributed by atoms with E-state index in [-0.39, 0.29) is 0 Å². The van der Waals surface area contributed by atoms with Crippen LogP contribution in [0.3, 0.4) is 0 Å². The van der Waals surface area contributed by atoms with Crippen molar-refractivity contribution in [3.05, 3.63) is 35.4 Å². The quantitative estimate of drug-likeness (QED) is 0.750. The molecule has 0 saturated carbocycles. The molecular formula is C14H23N. The van der Waals surface area contributed by atoms with Crippen LogP contribution in [0.1, 0.15) is 37.8 Å². The molecule has 0 heterocycles. The molecule has 1 N–H and O–H groups in total. The highest BCUT2D eigenvalue weighted by atomic mass is 14.8. The van der Waals surface area contributed by atoms with Gasteiger partial charge in [0.15, 0.2) is 0 Å². The third kappa shape index (κ3) is 4.05. The zero-order valence-electron chi connectivity index (χ0n) is 10.2. The zero-order chi connectivity index (χ0) is 11.1. The molecule has 15 heavy (non-hydrogen) atoms. The molecule has 0 amide bonds. The molecule has 84 valence electrons. The van der Waals surface area contributed by atoms with E-state index >= 15 is 0 Å². The summed E-state index contributed by atoms with van der Waals surface area (Å²) in [5.41, 5.74) is 2.84. The van der Waals surface area contributed by atoms with E-state index in [4.69, 9.17) is 0 Å². The van der Waals surface area contributed by atoms with E-state index in [2.05, 4.69) is 43.4 Å². The van der Waals surface area contributed by atoms with Crippen molar-refractivity contribution in [1.29, 1.82) is 0 Å². The van der Waals surface area contributed by atoms with Gasteiger partial charge >= 0.3 is 0 Å². The summed E-state index contributed by atoms with van der Waals surface area (Å²) in [6, 6.07) is 9.00. The maximum atomic E-state index is 3.17. The van der Waals surface area contributed by atoms with Crippen LogP contribution in [0.25, 0.3) is 0 Å². The number of hydrogen-bond donors (Lipinski definition) is 1. The van der Waals surface area contributed by atoms with Gasteiger partial charge in [0, 0.05) is 6.54 Å². The molecule has 0 fully saturated rings. The second-order valence-electron chi connectivity index (χ2n) is 4.23. The molecule has 0 aliphatic heterocycles. The highest BCUT2D eigenvalue weighted by Gasteiger charge is 2.04. The first kappa shape index (κ1) is 12.3. The SMILES string of the molecule is CCC(CC)Cc1ccc(CNC)cc1. The molecule has 1 heteroatoms. The molecule has 1 aromatic carbocycles. The van der Waals surface area contributed by atoms with Crippen LogP contribution in [0.15, 0.2) is 24.3 Å². The molecule has 1 aromatic rings. The molecule has 0 aromatic heterocycles. The highest BCUT2D eigenvalue weighted by molar-refractivity contribution is 5.22. The second-order valence-corrected chi connectivity index (χ2v) is 4.23. The van der Waals surface area contributed by atoms with Crippen LogP contribution in [-0.4, -0.2) is 7.05 Å². The Morgan fingerprint density at radius 2 is 1.53 bits per heavy atom. The lowest BCUT2D eigenvalue weighted by Crippen LogP contribution is -2.05. The van der Waals surface area contributed by atoms with Gasteiger partial charge in [-0.3, -0.25) is 0 Å². The van der Waals surface area contributed by atoms with Gasteiger partial charge < -0.3 is 5.32 Å². The molecule has 0 aliphatic carbocycles. The second kappa shape index (κ2) is 6.62. The predicted octanol–water partition coefficient (Wildman–Crippen LogP) is 3.38. The van der Waals surface area contributed by atoms with Crippen LogP contribution in [0.4, 0.5) is 0 Å². The van der Waals surface area contributed by atoms with E-state index in [1.165, 1.54) is 30.4 Å².